The summed E-state index contributed by atoms with van der Waals surface area (Å²) in [6, 6.07) is 6.72. The van der Waals surface area contributed by atoms with Gasteiger partial charge in [-0.25, -0.2) is 8.42 Å². The normalized spacial score (nSPS) is 25.3. The summed E-state index contributed by atoms with van der Waals surface area (Å²) in [5, 5.41) is 3.30. The van der Waals surface area contributed by atoms with Gasteiger partial charge in [0.2, 0.25) is 10.0 Å². The van der Waals surface area contributed by atoms with Crippen LogP contribution in [0.15, 0.2) is 29.2 Å². The molecule has 0 spiro atoms. The number of carbonyl (C=O) groups is 1. The molecule has 2 aliphatic heterocycles. The molecular formula is C20H31N3O3S. The molecule has 1 amide bonds. The molecule has 1 aromatic carbocycles. The summed E-state index contributed by atoms with van der Waals surface area (Å²) in [5.41, 5.74) is 0.440. The number of benzene rings is 1. The summed E-state index contributed by atoms with van der Waals surface area (Å²) in [7, 11) is -1.77. The van der Waals surface area contributed by atoms with Gasteiger partial charge in [0, 0.05) is 31.7 Å². The molecule has 2 aliphatic rings. The van der Waals surface area contributed by atoms with E-state index in [9.17, 15) is 13.2 Å². The Balaban J connectivity index is 1.81. The van der Waals surface area contributed by atoms with Crippen molar-refractivity contribution in [1.29, 1.82) is 0 Å². The summed E-state index contributed by atoms with van der Waals surface area (Å²) < 4.78 is 27.8. The second kappa shape index (κ2) is 8.29. The minimum atomic E-state index is -3.58. The Hall–Kier alpha value is -1.44. The maximum absolute atomic E-state index is 13.1. The molecule has 0 radical (unpaired) electrons. The average Bonchev–Trinajstić information content (AvgIpc) is 2.67. The van der Waals surface area contributed by atoms with Crippen molar-refractivity contribution in [2.24, 2.45) is 11.8 Å². The standard InChI is InChI=1S/C20H31N3O3S/c1-15-11-16(2)14-23(13-15)27(25,26)19-6-4-5-17(12-19)20(24)22(3)18-7-9-21-10-8-18/h4-6,12,15-16,18,21H,7-11,13-14H2,1-3H3. The molecule has 2 unspecified atom stereocenters. The first kappa shape index (κ1) is 20.3. The summed E-state index contributed by atoms with van der Waals surface area (Å²) in [6.45, 7) is 7.07. The Morgan fingerprint density at radius 2 is 1.78 bits per heavy atom. The van der Waals surface area contributed by atoms with Gasteiger partial charge in [-0.05, 0) is 62.4 Å². The monoisotopic (exact) mass is 393 g/mol. The average molecular weight is 394 g/mol. The van der Waals surface area contributed by atoms with E-state index in [1.165, 1.54) is 0 Å². The highest BCUT2D eigenvalue weighted by Crippen LogP contribution is 2.27. The van der Waals surface area contributed by atoms with Crippen LogP contribution in [0, 0.1) is 11.8 Å². The predicted molar refractivity (Wildman–Crippen MR) is 106 cm³/mol. The van der Waals surface area contributed by atoms with E-state index in [2.05, 4.69) is 19.2 Å². The zero-order valence-corrected chi connectivity index (χ0v) is 17.3. The number of sulfonamides is 1. The van der Waals surface area contributed by atoms with Gasteiger partial charge in [-0.15, -0.1) is 0 Å². The van der Waals surface area contributed by atoms with Crippen molar-refractivity contribution in [3.8, 4) is 0 Å². The van der Waals surface area contributed by atoms with Crippen LogP contribution in [0.5, 0.6) is 0 Å². The van der Waals surface area contributed by atoms with Crippen molar-refractivity contribution in [1.82, 2.24) is 14.5 Å². The van der Waals surface area contributed by atoms with E-state index in [1.807, 2.05) is 7.05 Å². The van der Waals surface area contributed by atoms with Crippen LogP contribution in [-0.2, 0) is 10.0 Å². The van der Waals surface area contributed by atoms with Gasteiger partial charge in [-0.3, -0.25) is 4.79 Å². The Bertz CT molecular complexity index is 764. The Labute approximate surface area is 163 Å². The van der Waals surface area contributed by atoms with Gasteiger partial charge in [-0.2, -0.15) is 4.31 Å². The predicted octanol–water partition coefficient (Wildman–Crippen LogP) is 2.18. The van der Waals surface area contributed by atoms with Crippen LogP contribution in [-0.4, -0.2) is 62.8 Å². The number of nitrogens with one attached hydrogen (secondary N) is 1. The van der Waals surface area contributed by atoms with Gasteiger partial charge in [0.1, 0.15) is 0 Å². The van der Waals surface area contributed by atoms with Crippen LogP contribution in [0.1, 0.15) is 43.5 Å². The van der Waals surface area contributed by atoms with E-state index in [0.717, 1.165) is 32.4 Å². The largest absolute Gasteiger partial charge is 0.339 e. The van der Waals surface area contributed by atoms with Crippen molar-refractivity contribution in [2.75, 3.05) is 33.2 Å². The Kier molecular flexibility index (Phi) is 6.23. The zero-order chi connectivity index (χ0) is 19.6. The van der Waals surface area contributed by atoms with Crippen molar-refractivity contribution in [3.63, 3.8) is 0 Å². The third-order valence-electron chi connectivity index (χ3n) is 5.73. The number of piperidine rings is 2. The molecule has 2 atom stereocenters. The topological polar surface area (TPSA) is 69.7 Å². The maximum atomic E-state index is 13.1. The second-order valence-corrected chi connectivity index (χ2v) is 10.1. The summed E-state index contributed by atoms with van der Waals surface area (Å²) in [6.07, 6.45) is 2.89. The number of nitrogens with zero attached hydrogens (tertiary/aromatic N) is 2. The fourth-order valence-corrected chi connectivity index (χ4v) is 6.03. The molecule has 150 valence electrons. The minimum Gasteiger partial charge on any atom is -0.339 e. The number of hydrogen-bond donors (Lipinski definition) is 1. The lowest BCUT2D eigenvalue weighted by Gasteiger charge is -2.34. The third-order valence-corrected chi connectivity index (χ3v) is 7.56. The number of rotatable bonds is 4. The lowest BCUT2D eigenvalue weighted by atomic mass is 9.94. The van der Waals surface area contributed by atoms with E-state index >= 15 is 0 Å². The highest BCUT2D eigenvalue weighted by Gasteiger charge is 2.32. The van der Waals surface area contributed by atoms with Crippen molar-refractivity contribution in [2.45, 2.75) is 44.0 Å². The molecule has 0 aromatic heterocycles. The van der Waals surface area contributed by atoms with Crippen molar-refractivity contribution < 1.29 is 13.2 Å². The third kappa shape index (κ3) is 4.52. The van der Waals surface area contributed by atoms with Gasteiger partial charge >= 0.3 is 0 Å². The molecule has 27 heavy (non-hydrogen) atoms. The van der Waals surface area contributed by atoms with E-state index in [1.54, 1.807) is 33.5 Å². The highest BCUT2D eigenvalue weighted by molar-refractivity contribution is 7.89. The molecular weight excluding hydrogens is 362 g/mol. The van der Waals surface area contributed by atoms with Crippen LogP contribution in [0.4, 0.5) is 0 Å². The quantitative estimate of drug-likeness (QED) is 0.851. The SMILES string of the molecule is CC1CC(C)CN(S(=O)(=O)c2cccc(C(=O)N(C)C3CCNCC3)c2)C1. The minimum absolute atomic E-state index is 0.112. The van der Waals surface area contributed by atoms with Crippen LogP contribution in [0.3, 0.4) is 0 Å². The van der Waals surface area contributed by atoms with Gasteiger partial charge in [0.25, 0.3) is 5.91 Å². The number of carbonyl (C=O) groups excluding carboxylic acids is 1. The Morgan fingerprint density at radius 3 is 2.41 bits per heavy atom. The number of hydrogen-bond acceptors (Lipinski definition) is 4. The van der Waals surface area contributed by atoms with Crippen LogP contribution >= 0.6 is 0 Å². The van der Waals surface area contributed by atoms with E-state index in [0.29, 0.717) is 30.5 Å². The van der Waals surface area contributed by atoms with E-state index in [-0.39, 0.29) is 16.8 Å². The maximum Gasteiger partial charge on any atom is 0.253 e. The van der Waals surface area contributed by atoms with E-state index in [4.69, 9.17) is 0 Å². The number of amides is 1. The van der Waals surface area contributed by atoms with Crippen LogP contribution in [0.2, 0.25) is 0 Å². The molecule has 1 N–H and O–H groups in total. The highest BCUT2D eigenvalue weighted by atomic mass is 32.2. The van der Waals surface area contributed by atoms with E-state index < -0.39 is 10.0 Å². The molecule has 2 saturated heterocycles. The molecule has 1 aromatic rings. The molecule has 2 fully saturated rings. The lowest BCUT2D eigenvalue weighted by molar-refractivity contribution is 0.0703. The second-order valence-electron chi connectivity index (χ2n) is 8.19. The first-order valence-electron chi connectivity index (χ1n) is 9.87. The molecule has 0 saturated carbocycles. The summed E-state index contributed by atoms with van der Waals surface area (Å²) in [4.78, 5) is 14.9. The van der Waals surface area contributed by atoms with Crippen LogP contribution < -0.4 is 5.32 Å². The first-order chi connectivity index (χ1) is 12.8. The fraction of sp³-hybridized carbons (Fsp3) is 0.650. The molecule has 6 nitrogen and oxygen atoms in total. The van der Waals surface area contributed by atoms with Crippen molar-refractivity contribution >= 4 is 15.9 Å². The van der Waals surface area contributed by atoms with Crippen molar-refractivity contribution in [3.05, 3.63) is 29.8 Å². The lowest BCUT2D eigenvalue weighted by Crippen LogP contribution is -2.44. The zero-order valence-electron chi connectivity index (χ0n) is 16.5. The summed E-state index contributed by atoms with van der Waals surface area (Å²) in [5.74, 6) is 0.582. The Morgan fingerprint density at radius 1 is 1.15 bits per heavy atom. The van der Waals surface area contributed by atoms with Gasteiger partial charge < -0.3 is 10.2 Å². The molecule has 0 aliphatic carbocycles. The van der Waals surface area contributed by atoms with Crippen LogP contribution in [0.25, 0.3) is 0 Å². The molecule has 0 bridgehead atoms. The summed E-state index contributed by atoms with van der Waals surface area (Å²) >= 11 is 0. The first-order valence-corrected chi connectivity index (χ1v) is 11.3. The molecule has 3 rings (SSSR count). The molecule has 2 heterocycles. The fourth-order valence-electron chi connectivity index (χ4n) is 4.30. The molecule has 7 heteroatoms. The van der Waals surface area contributed by atoms with Gasteiger partial charge in [0.05, 0.1) is 4.90 Å². The van der Waals surface area contributed by atoms with Gasteiger partial charge in [-0.1, -0.05) is 19.9 Å². The van der Waals surface area contributed by atoms with Gasteiger partial charge in [0.15, 0.2) is 0 Å². The smallest absolute Gasteiger partial charge is 0.253 e.